The molecule has 0 unspecified atom stereocenters. The molecule has 1 atom stereocenters. The summed E-state index contributed by atoms with van der Waals surface area (Å²) in [5.41, 5.74) is 1.41. The van der Waals surface area contributed by atoms with Crippen LogP contribution < -0.4 is 10.1 Å². The summed E-state index contributed by atoms with van der Waals surface area (Å²) in [6.45, 7) is 11.9. The van der Waals surface area contributed by atoms with E-state index in [4.69, 9.17) is 4.74 Å². The van der Waals surface area contributed by atoms with Crippen LogP contribution in [0.3, 0.4) is 0 Å². The van der Waals surface area contributed by atoms with Gasteiger partial charge < -0.3 is 10.1 Å². The summed E-state index contributed by atoms with van der Waals surface area (Å²) < 4.78 is 5.68. The molecule has 1 aromatic rings. The highest BCUT2D eigenvalue weighted by molar-refractivity contribution is 5.30. The highest BCUT2D eigenvalue weighted by Gasteiger charge is 2.22. The largest absolute Gasteiger partial charge is 0.494 e. The van der Waals surface area contributed by atoms with Crippen molar-refractivity contribution in [2.24, 2.45) is 5.92 Å². The van der Waals surface area contributed by atoms with Gasteiger partial charge in [-0.1, -0.05) is 26.0 Å². The third kappa shape index (κ3) is 5.01. The standard InChI is InChI=1S/C18H30N2O/c1-4-21-17-7-5-6-16(14-17)18(9-8-15(2)3)20-12-10-19-11-13-20/h5-7,14-15,18-19H,4,8-13H2,1-3H3/t18-/m1/s1. The minimum atomic E-state index is 0.523. The first kappa shape index (κ1) is 16.3. The van der Waals surface area contributed by atoms with Crippen molar-refractivity contribution in [1.29, 1.82) is 0 Å². The fraction of sp³-hybridized carbons (Fsp3) is 0.667. The number of piperazine rings is 1. The molecule has 118 valence electrons. The van der Waals surface area contributed by atoms with Gasteiger partial charge in [0.05, 0.1) is 6.61 Å². The van der Waals surface area contributed by atoms with E-state index < -0.39 is 0 Å². The van der Waals surface area contributed by atoms with Gasteiger partial charge in [0.1, 0.15) is 5.75 Å². The van der Waals surface area contributed by atoms with Crippen LogP contribution in [0.1, 0.15) is 45.2 Å². The van der Waals surface area contributed by atoms with Crippen LogP contribution in [0.15, 0.2) is 24.3 Å². The molecule has 0 saturated carbocycles. The Morgan fingerprint density at radius 3 is 2.62 bits per heavy atom. The zero-order valence-electron chi connectivity index (χ0n) is 13.8. The molecule has 0 spiro atoms. The molecule has 0 bridgehead atoms. The Morgan fingerprint density at radius 2 is 1.95 bits per heavy atom. The van der Waals surface area contributed by atoms with Gasteiger partial charge in [-0.05, 0) is 43.4 Å². The Morgan fingerprint density at radius 1 is 1.19 bits per heavy atom. The van der Waals surface area contributed by atoms with E-state index in [9.17, 15) is 0 Å². The molecule has 1 aromatic carbocycles. The first-order chi connectivity index (χ1) is 10.2. The second-order valence-corrected chi connectivity index (χ2v) is 6.28. The summed E-state index contributed by atoms with van der Waals surface area (Å²) >= 11 is 0. The molecule has 1 heterocycles. The van der Waals surface area contributed by atoms with Crippen molar-refractivity contribution in [3.63, 3.8) is 0 Å². The number of nitrogens with one attached hydrogen (secondary N) is 1. The molecule has 21 heavy (non-hydrogen) atoms. The van der Waals surface area contributed by atoms with E-state index >= 15 is 0 Å². The second-order valence-electron chi connectivity index (χ2n) is 6.28. The van der Waals surface area contributed by atoms with Gasteiger partial charge >= 0.3 is 0 Å². The van der Waals surface area contributed by atoms with Crippen LogP contribution in [0, 0.1) is 5.92 Å². The Kier molecular flexibility index (Phi) is 6.52. The quantitative estimate of drug-likeness (QED) is 0.832. The molecule has 3 heteroatoms. The molecular weight excluding hydrogens is 260 g/mol. The lowest BCUT2D eigenvalue weighted by Crippen LogP contribution is -2.45. The van der Waals surface area contributed by atoms with Gasteiger partial charge in [0, 0.05) is 32.2 Å². The summed E-state index contributed by atoms with van der Waals surface area (Å²) in [6, 6.07) is 9.20. The zero-order chi connectivity index (χ0) is 15.1. The average Bonchev–Trinajstić information content (AvgIpc) is 2.49. The Balaban J connectivity index is 2.14. The summed E-state index contributed by atoms with van der Waals surface area (Å²) in [7, 11) is 0. The predicted octanol–water partition coefficient (Wildman–Crippen LogP) is 3.47. The molecule has 0 radical (unpaired) electrons. The van der Waals surface area contributed by atoms with Crippen molar-refractivity contribution in [3.05, 3.63) is 29.8 Å². The number of hydrogen-bond donors (Lipinski definition) is 1. The van der Waals surface area contributed by atoms with Gasteiger partial charge in [-0.2, -0.15) is 0 Å². The van der Waals surface area contributed by atoms with Crippen molar-refractivity contribution in [3.8, 4) is 5.75 Å². The summed E-state index contributed by atoms with van der Waals surface area (Å²) in [4.78, 5) is 2.63. The lowest BCUT2D eigenvalue weighted by atomic mass is 9.95. The van der Waals surface area contributed by atoms with E-state index in [1.54, 1.807) is 0 Å². The van der Waals surface area contributed by atoms with Gasteiger partial charge in [-0.3, -0.25) is 4.90 Å². The molecule has 1 N–H and O–H groups in total. The number of rotatable bonds is 7. The van der Waals surface area contributed by atoms with Gasteiger partial charge in [0.15, 0.2) is 0 Å². The molecule has 1 saturated heterocycles. The molecule has 0 amide bonds. The average molecular weight is 290 g/mol. The Labute approximate surface area is 129 Å². The zero-order valence-corrected chi connectivity index (χ0v) is 13.8. The fourth-order valence-corrected chi connectivity index (χ4v) is 3.02. The van der Waals surface area contributed by atoms with Crippen molar-refractivity contribution in [2.75, 3.05) is 32.8 Å². The van der Waals surface area contributed by atoms with E-state index in [1.165, 1.54) is 18.4 Å². The summed E-state index contributed by atoms with van der Waals surface area (Å²) in [5.74, 6) is 1.75. The fourth-order valence-electron chi connectivity index (χ4n) is 3.02. The maximum absolute atomic E-state index is 5.68. The highest BCUT2D eigenvalue weighted by atomic mass is 16.5. The van der Waals surface area contributed by atoms with E-state index in [2.05, 4.69) is 48.3 Å². The molecule has 3 nitrogen and oxygen atoms in total. The maximum Gasteiger partial charge on any atom is 0.119 e. The van der Waals surface area contributed by atoms with Crippen molar-refractivity contribution < 1.29 is 4.74 Å². The van der Waals surface area contributed by atoms with Crippen LogP contribution in [0.2, 0.25) is 0 Å². The van der Waals surface area contributed by atoms with Crippen LogP contribution in [0.4, 0.5) is 0 Å². The van der Waals surface area contributed by atoms with Crippen molar-refractivity contribution >= 4 is 0 Å². The minimum absolute atomic E-state index is 0.523. The van der Waals surface area contributed by atoms with Crippen LogP contribution in [-0.2, 0) is 0 Å². The summed E-state index contributed by atoms with van der Waals surface area (Å²) in [5, 5.41) is 3.45. The normalized spacial score (nSPS) is 17.9. The van der Waals surface area contributed by atoms with Crippen molar-refractivity contribution in [1.82, 2.24) is 10.2 Å². The number of ether oxygens (including phenoxy) is 1. The van der Waals surface area contributed by atoms with Gasteiger partial charge in [0.2, 0.25) is 0 Å². The molecule has 0 aliphatic carbocycles. The first-order valence-corrected chi connectivity index (χ1v) is 8.38. The molecule has 2 rings (SSSR count). The molecule has 1 fully saturated rings. The maximum atomic E-state index is 5.68. The van der Waals surface area contributed by atoms with Crippen LogP contribution in [0.25, 0.3) is 0 Å². The van der Waals surface area contributed by atoms with Gasteiger partial charge in [0.25, 0.3) is 0 Å². The minimum Gasteiger partial charge on any atom is -0.494 e. The number of hydrogen-bond acceptors (Lipinski definition) is 3. The molecule has 0 aromatic heterocycles. The van der Waals surface area contributed by atoms with Gasteiger partial charge in [-0.25, -0.2) is 0 Å². The van der Waals surface area contributed by atoms with Crippen molar-refractivity contribution in [2.45, 2.75) is 39.7 Å². The SMILES string of the molecule is CCOc1cccc([C@@H](CCC(C)C)N2CCNCC2)c1. The van der Waals surface area contributed by atoms with E-state index in [-0.39, 0.29) is 0 Å². The topological polar surface area (TPSA) is 24.5 Å². The summed E-state index contributed by atoms with van der Waals surface area (Å²) in [6.07, 6.45) is 2.50. The van der Waals surface area contributed by atoms with Crippen LogP contribution in [0.5, 0.6) is 5.75 Å². The van der Waals surface area contributed by atoms with E-state index in [1.807, 2.05) is 6.92 Å². The van der Waals surface area contributed by atoms with E-state index in [0.29, 0.717) is 6.04 Å². The van der Waals surface area contributed by atoms with Crippen LogP contribution in [-0.4, -0.2) is 37.7 Å². The third-order valence-electron chi connectivity index (χ3n) is 4.16. The second kappa shape index (κ2) is 8.40. The van der Waals surface area contributed by atoms with Gasteiger partial charge in [-0.15, -0.1) is 0 Å². The number of nitrogens with zero attached hydrogens (tertiary/aromatic N) is 1. The third-order valence-corrected chi connectivity index (χ3v) is 4.16. The first-order valence-electron chi connectivity index (χ1n) is 8.38. The molecular formula is C18H30N2O. The Hall–Kier alpha value is -1.06. The monoisotopic (exact) mass is 290 g/mol. The van der Waals surface area contributed by atoms with E-state index in [0.717, 1.165) is 44.5 Å². The number of benzene rings is 1. The highest BCUT2D eigenvalue weighted by Crippen LogP contribution is 2.30. The predicted molar refractivity (Wildman–Crippen MR) is 88.9 cm³/mol. The van der Waals surface area contributed by atoms with Crippen LogP contribution >= 0.6 is 0 Å². The lowest BCUT2D eigenvalue weighted by Gasteiger charge is -2.35. The smallest absolute Gasteiger partial charge is 0.119 e. The lowest BCUT2D eigenvalue weighted by molar-refractivity contribution is 0.159. The Bertz CT molecular complexity index is 413. The molecule has 1 aliphatic heterocycles. The molecule has 1 aliphatic rings.